The number of amides is 2. The number of aryl methyl sites for hydroxylation is 1. The van der Waals surface area contributed by atoms with Crippen LogP contribution in [0.25, 0.3) is 0 Å². The minimum atomic E-state index is -0.423. The van der Waals surface area contributed by atoms with Gasteiger partial charge in [-0.3, -0.25) is 9.59 Å². The lowest BCUT2D eigenvalue weighted by atomic mass is 10.2. The average molecular weight is 361 g/mol. The van der Waals surface area contributed by atoms with E-state index in [1.807, 2.05) is 37.3 Å². The van der Waals surface area contributed by atoms with E-state index in [4.69, 9.17) is 4.74 Å². The second-order valence-electron chi connectivity index (χ2n) is 5.89. The summed E-state index contributed by atoms with van der Waals surface area (Å²) in [5.74, 6) is -0.260. The van der Waals surface area contributed by atoms with E-state index in [0.29, 0.717) is 17.1 Å². The number of ether oxygens (including phenoxy) is 1. The number of benzene rings is 2. The number of hydrogen-bond donors (Lipinski definition) is 2. The van der Waals surface area contributed by atoms with Gasteiger partial charge in [0.05, 0.1) is 12.8 Å². The Hall–Kier alpha value is -3.67. The predicted octanol–water partition coefficient (Wildman–Crippen LogP) is 3.90. The number of hydrogen-bond acceptors (Lipinski definition) is 4. The molecule has 0 unspecified atom stereocenters. The molecule has 2 N–H and O–H groups in total. The second kappa shape index (κ2) is 8.14. The molecule has 0 saturated heterocycles. The molecule has 27 heavy (non-hydrogen) atoms. The molecule has 0 bridgehead atoms. The summed E-state index contributed by atoms with van der Waals surface area (Å²) in [6.07, 6.45) is 0. The highest BCUT2D eigenvalue weighted by Crippen LogP contribution is 2.25. The Morgan fingerprint density at radius 3 is 2.19 bits per heavy atom. The third-order valence-corrected chi connectivity index (χ3v) is 3.85. The van der Waals surface area contributed by atoms with Gasteiger partial charge in [0.15, 0.2) is 0 Å². The van der Waals surface area contributed by atoms with Crippen LogP contribution in [0, 0.1) is 6.92 Å². The molecular weight excluding hydrogens is 342 g/mol. The normalized spacial score (nSPS) is 10.1. The summed E-state index contributed by atoms with van der Waals surface area (Å²) in [6, 6.07) is 19.3. The first-order chi connectivity index (χ1) is 13.1. The first-order valence-corrected chi connectivity index (χ1v) is 8.36. The van der Waals surface area contributed by atoms with Crippen molar-refractivity contribution in [2.24, 2.45) is 0 Å². The van der Waals surface area contributed by atoms with Crippen LogP contribution in [0.1, 0.15) is 26.5 Å². The number of aromatic nitrogens is 1. The molecular formula is C21H19N3O3. The minimum absolute atomic E-state index is 0.138. The van der Waals surface area contributed by atoms with E-state index in [-0.39, 0.29) is 17.3 Å². The van der Waals surface area contributed by atoms with Gasteiger partial charge in [0.25, 0.3) is 11.8 Å². The summed E-state index contributed by atoms with van der Waals surface area (Å²) in [7, 11) is 1.53. The lowest BCUT2D eigenvalue weighted by molar-refractivity contribution is 0.101. The summed E-state index contributed by atoms with van der Waals surface area (Å²) >= 11 is 0. The van der Waals surface area contributed by atoms with Crippen molar-refractivity contribution in [3.63, 3.8) is 0 Å². The van der Waals surface area contributed by atoms with Crippen molar-refractivity contribution in [3.8, 4) is 5.75 Å². The van der Waals surface area contributed by atoms with Crippen molar-refractivity contribution < 1.29 is 14.3 Å². The van der Waals surface area contributed by atoms with Crippen LogP contribution in [-0.2, 0) is 0 Å². The van der Waals surface area contributed by atoms with Crippen LogP contribution in [0.3, 0.4) is 0 Å². The van der Waals surface area contributed by atoms with Crippen molar-refractivity contribution in [1.82, 2.24) is 4.98 Å². The van der Waals surface area contributed by atoms with E-state index in [1.54, 1.807) is 36.4 Å². The van der Waals surface area contributed by atoms with Crippen LogP contribution < -0.4 is 15.4 Å². The topological polar surface area (TPSA) is 80.3 Å². The van der Waals surface area contributed by atoms with Gasteiger partial charge in [-0.05, 0) is 48.9 Å². The molecule has 3 rings (SSSR count). The number of carbonyl (C=O) groups is 2. The molecule has 1 heterocycles. The standard InChI is InChI=1S/C21H19N3O3/c1-14-11-12-19(27-2)18(13-14)24-21(26)17-10-6-9-16(23-17)20(25)22-15-7-4-3-5-8-15/h3-13H,1-2H3,(H,22,25)(H,24,26). The number of carbonyl (C=O) groups excluding carboxylic acids is 2. The van der Waals surface area contributed by atoms with Gasteiger partial charge in [0.1, 0.15) is 17.1 Å². The first-order valence-electron chi connectivity index (χ1n) is 8.36. The maximum absolute atomic E-state index is 12.6. The fourth-order valence-electron chi connectivity index (χ4n) is 2.51. The smallest absolute Gasteiger partial charge is 0.274 e. The Balaban J connectivity index is 1.78. The summed E-state index contributed by atoms with van der Waals surface area (Å²) in [5.41, 5.74) is 2.48. The number of para-hydroxylation sites is 1. The van der Waals surface area contributed by atoms with E-state index in [2.05, 4.69) is 15.6 Å². The minimum Gasteiger partial charge on any atom is -0.495 e. The van der Waals surface area contributed by atoms with Gasteiger partial charge in [-0.2, -0.15) is 0 Å². The molecule has 0 fully saturated rings. The van der Waals surface area contributed by atoms with Crippen molar-refractivity contribution in [2.75, 3.05) is 17.7 Å². The second-order valence-corrected chi connectivity index (χ2v) is 5.89. The zero-order valence-corrected chi connectivity index (χ0v) is 15.0. The van der Waals surface area contributed by atoms with E-state index >= 15 is 0 Å². The third-order valence-electron chi connectivity index (χ3n) is 3.85. The van der Waals surface area contributed by atoms with Crippen LogP contribution in [-0.4, -0.2) is 23.9 Å². The van der Waals surface area contributed by atoms with Crippen LogP contribution in [0.4, 0.5) is 11.4 Å². The summed E-state index contributed by atoms with van der Waals surface area (Å²) in [4.78, 5) is 29.1. The fraction of sp³-hybridized carbons (Fsp3) is 0.0952. The number of rotatable bonds is 5. The number of methoxy groups -OCH3 is 1. The van der Waals surface area contributed by atoms with Gasteiger partial charge in [0.2, 0.25) is 0 Å². The van der Waals surface area contributed by atoms with Crippen LogP contribution >= 0.6 is 0 Å². The Kier molecular flexibility index (Phi) is 5.47. The molecule has 0 atom stereocenters. The number of nitrogens with one attached hydrogen (secondary N) is 2. The largest absolute Gasteiger partial charge is 0.495 e. The van der Waals surface area contributed by atoms with Crippen molar-refractivity contribution in [2.45, 2.75) is 6.92 Å². The molecule has 136 valence electrons. The van der Waals surface area contributed by atoms with Crippen molar-refractivity contribution in [1.29, 1.82) is 0 Å². The van der Waals surface area contributed by atoms with Gasteiger partial charge in [-0.15, -0.1) is 0 Å². The van der Waals surface area contributed by atoms with Gasteiger partial charge in [0, 0.05) is 5.69 Å². The highest BCUT2D eigenvalue weighted by atomic mass is 16.5. The number of anilines is 2. The molecule has 2 amide bonds. The molecule has 0 saturated carbocycles. The SMILES string of the molecule is COc1ccc(C)cc1NC(=O)c1cccc(C(=O)Nc2ccccc2)n1. The molecule has 3 aromatic rings. The summed E-state index contributed by atoms with van der Waals surface area (Å²) in [5, 5.41) is 5.52. The molecule has 6 heteroatoms. The van der Waals surface area contributed by atoms with Gasteiger partial charge in [-0.1, -0.05) is 30.3 Å². The molecule has 0 radical (unpaired) electrons. The Morgan fingerprint density at radius 1 is 0.852 bits per heavy atom. The first kappa shape index (κ1) is 18.1. The fourth-order valence-corrected chi connectivity index (χ4v) is 2.51. The number of pyridine rings is 1. The quantitative estimate of drug-likeness (QED) is 0.722. The lowest BCUT2D eigenvalue weighted by Gasteiger charge is -2.11. The van der Waals surface area contributed by atoms with Crippen molar-refractivity contribution in [3.05, 3.63) is 83.7 Å². The zero-order valence-electron chi connectivity index (χ0n) is 15.0. The highest BCUT2D eigenvalue weighted by molar-refractivity contribution is 6.06. The molecule has 6 nitrogen and oxygen atoms in total. The van der Waals surface area contributed by atoms with Gasteiger partial charge < -0.3 is 15.4 Å². The van der Waals surface area contributed by atoms with E-state index < -0.39 is 5.91 Å². The molecule has 2 aromatic carbocycles. The van der Waals surface area contributed by atoms with E-state index in [1.165, 1.54) is 7.11 Å². The van der Waals surface area contributed by atoms with E-state index in [9.17, 15) is 9.59 Å². The average Bonchev–Trinajstić information content (AvgIpc) is 2.69. The Bertz CT molecular complexity index is 971. The molecule has 0 spiro atoms. The van der Waals surface area contributed by atoms with Gasteiger partial charge in [-0.25, -0.2) is 4.98 Å². The molecule has 0 aliphatic carbocycles. The summed E-state index contributed by atoms with van der Waals surface area (Å²) in [6.45, 7) is 1.92. The Morgan fingerprint density at radius 2 is 1.52 bits per heavy atom. The monoisotopic (exact) mass is 361 g/mol. The molecule has 1 aromatic heterocycles. The number of nitrogens with zero attached hydrogens (tertiary/aromatic N) is 1. The predicted molar refractivity (Wildman–Crippen MR) is 104 cm³/mol. The molecule has 0 aliphatic rings. The molecule has 0 aliphatic heterocycles. The van der Waals surface area contributed by atoms with E-state index in [0.717, 1.165) is 5.56 Å². The maximum Gasteiger partial charge on any atom is 0.274 e. The van der Waals surface area contributed by atoms with Crippen LogP contribution in [0.2, 0.25) is 0 Å². The summed E-state index contributed by atoms with van der Waals surface area (Å²) < 4.78 is 5.27. The lowest BCUT2D eigenvalue weighted by Crippen LogP contribution is -2.18. The zero-order chi connectivity index (χ0) is 19.2. The van der Waals surface area contributed by atoms with Crippen LogP contribution in [0.15, 0.2) is 66.7 Å². The van der Waals surface area contributed by atoms with Gasteiger partial charge >= 0.3 is 0 Å². The Labute approximate surface area is 157 Å². The highest BCUT2D eigenvalue weighted by Gasteiger charge is 2.14. The third kappa shape index (κ3) is 4.49. The maximum atomic E-state index is 12.6. The van der Waals surface area contributed by atoms with Crippen molar-refractivity contribution >= 4 is 23.2 Å². The van der Waals surface area contributed by atoms with Crippen LogP contribution in [0.5, 0.6) is 5.75 Å².